The Kier molecular flexibility index (Phi) is 16.0. The molecule has 0 radical (unpaired) electrons. The van der Waals surface area contributed by atoms with Gasteiger partial charge in [-0.05, 0) is 6.92 Å². The molecule has 0 heterocycles. The van der Waals surface area contributed by atoms with Gasteiger partial charge in [0.15, 0.2) is 0 Å². The van der Waals surface area contributed by atoms with Gasteiger partial charge < -0.3 is 27.4 Å². The number of halogens is 1. The maximum atomic E-state index is 9.34. The van der Waals surface area contributed by atoms with Crippen molar-refractivity contribution < 1.29 is 27.4 Å². The van der Waals surface area contributed by atoms with E-state index >= 15 is 0 Å². The van der Waals surface area contributed by atoms with Crippen LogP contribution in [0, 0.1) is 0 Å². The van der Waals surface area contributed by atoms with Crippen LogP contribution in [0.2, 0.25) is 0 Å². The molecule has 1 atom stereocenters. The number of aliphatic hydroxyl groups excluding tert-OH is 1. The predicted molar refractivity (Wildman–Crippen MR) is 22.4 cm³/mol. The first-order chi connectivity index (χ1) is 2.64. The van der Waals surface area contributed by atoms with Gasteiger partial charge in [-0.2, -0.15) is 0 Å². The Labute approximate surface area is 83.5 Å². The number of aliphatic hydroxyl groups is 1. The van der Waals surface area contributed by atoms with Crippen LogP contribution in [0.4, 0.5) is 0 Å². The number of carboxylic acid groups (broad SMARTS) is 1. The summed E-state index contributed by atoms with van der Waals surface area (Å²) in [6.45, 7) is 1.13. The van der Waals surface area contributed by atoms with Crippen molar-refractivity contribution in [3.8, 4) is 0 Å². The molecule has 0 aromatic carbocycles. The van der Waals surface area contributed by atoms with Crippen molar-refractivity contribution in [1.29, 1.82) is 0 Å². The monoisotopic (exact) mass is 164 g/mol. The Hall–Kier alpha value is 0.980. The summed E-state index contributed by atoms with van der Waals surface area (Å²) in [5.41, 5.74) is 0. The zero-order valence-electron chi connectivity index (χ0n) is 4.43. The van der Waals surface area contributed by atoms with Gasteiger partial charge >= 0.3 is 37.7 Å². The summed E-state index contributed by atoms with van der Waals surface area (Å²) in [6.07, 6.45) is -1.34. The number of carbonyl (C=O) groups is 1. The number of rotatable bonds is 1. The summed E-state index contributed by atoms with van der Waals surface area (Å²) in [5.74, 6) is -1.44. The number of hydrogen-bond donors (Lipinski definition) is 1. The summed E-state index contributed by atoms with van der Waals surface area (Å²) in [5, 5.41) is 17.3. The fourth-order valence-electron chi connectivity index (χ4n) is 0. The minimum atomic E-state index is -1.44. The topological polar surface area (TPSA) is 60.4 Å². The van der Waals surface area contributed by atoms with E-state index in [9.17, 15) is 9.90 Å². The van der Waals surface area contributed by atoms with Crippen LogP contribution in [-0.2, 0) is 4.79 Å². The Morgan fingerprint density at radius 1 is 1.75 bits per heavy atom. The zero-order valence-corrected chi connectivity index (χ0v) is 7.39. The van der Waals surface area contributed by atoms with Crippen molar-refractivity contribution in [2.75, 3.05) is 0 Å². The van der Waals surface area contributed by atoms with E-state index in [1.165, 1.54) is 0 Å². The Morgan fingerprint density at radius 2 is 1.88 bits per heavy atom. The van der Waals surface area contributed by atoms with Crippen LogP contribution in [-0.4, -0.2) is 54.9 Å². The van der Waals surface area contributed by atoms with E-state index in [1.54, 1.807) is 0 Å². The molecule has 0 saturated heterocycles. The molecule has 0 fully saturated rings. The quantitative estimate of drug-likeness (QED) is 0.394. The largest absolute Gasteiger partial charge is 2.00 e. The second-order valence-corrected chi connectivity index (χ2v) is 0.995. The van der Waals surface area contributed by atoms with E-state index in [0.717, 1.165) is 6.92 Å². The van der Waals surface area contributed by atoms with Gasteiger partial charge in [-0.15, -0.1) is 0 Å². The van der Waals surface area contributed by atoms with E-state index in [2.05, 4.69) is 0 Å². The third-order valence-electron chi connectivity index (χ3n) is 0.341. The van der Waals surface area contributed by atoms with Crippen LogP contribution in [0.3, 0.4) is 0 Å². The smallest absolute Gasteiger partial charge is 1.00 e. The van der Waals surface area contributed by atoms with Crippen molar-refractivity contribution in [1.82, 2.24) is 0 Å². The minimum absolute atomic E-state index is 0. The maximum absolute atomic E-state index is 9.34. The summed E-state index contributed by atoms with van der Waals surface area (Å²) in [6, 6.07) is 0. The van der Waals surface area contributed by atoms with Gasteiger partial charge in [0.2, 0.25) is 0 Å². The fourth-order valence-corrected chi connectivity index (χ4v) is 0. The van der Waals surface area contributed by atoms with Gasteiger partial charge in [0.25, 0.3) is 0 Å². The van der Waals surface area contributed by atoms with E-state index < -0.39 is 12.1 Å². The molecule has 0 aliphatic carbocycles. The molecule has 0 rings (SSSR count). The molecule has 0 spiro atoms. The number of carbonyl (C=O) groups excluding carboxylic acids is 1. The molecule has 0 aliphatic heterocycles. The second-order valence-electron chi connectivity index (χ2n) is 0.995. The Bertz CT molecular complexity index is 65.5. The molecule has 1 unspecified atom stereocenters. The summed E-state index contributed by atoms with van der Waals surface area (Å²) in [7, 11) is 0. The molecule has 0 aromatic heterocycles. The van der Waals surface area contributed by atoms with Crippen LogP contribution in [0.15, 0.2) is 0 Å². The third-order valence-corrected chi connectivity index (χ3v) is 0.341. The first kappa shape index (κ1) is 16.0. The molecule has 8 heavy (non-hydrogen) atoms. The van der Waals surface area contributed by atoms with Gasteiger partial charge in [0, 0.05) is 0 Å². The molecule has 44 valence electrons. The van der Waals surface area contributed by atoms with Crippen molar-refractivity contribution in [3.63, 3.8) is 0 Å². The third kappa shape index (κ3) is 10.1. The standard InChI is InChI=1S/C3H6O3.Ca.ClH/c1-2(4)3(5)6;;/h2,4H,1H3,(H,5,6);;1H/q;+2;/p-2. The molecule has 1 N–H and O–H groups in total. The number of hydrogen-bond acceptors (Lipinski definition) is 3. The van der Waals surface area contributed by atoms with Crippen LogP contribution in [0.5, 0.6) is 0 Å². The molecule has 0 aromatic rings. The van der Waals surface area contributed by atoms with Gasteiger partial charge in [0.05, 0.1) is 12.1 Å². The normalized spacial score (nSPS) is 10.2. The number of carboxylic acids is 1. The van der Waals surface area contributed by atoms with Crippen LogP contribution >= 0.6 is 0 Å². The van der Waals surface area contributed by atoms with Gasteiger partial charge in [-0.1, -0.05) is 0 Å². The molecule has 0 bridgehead atoms. The first-order valence-corrected chi connectivity index (χ1v) is 1.53. The van der Waals surface area contributed by atoms with Crippen molar-refractivity contribution in [2.24, 2.45) is 0 Å². The maximum Gasteiger partial charge on any atom is 2.00 e. The van der Waals surface area contributed by atoms with Crippen molar-refractivity contribution >= 4 is 43.7 Å². The SMILES string of the molecule is CC(O)C(=O)[O-].[Ca+2].[Cl-]. The first-order valence-electron chi connectivity index (χ1n) is 1.53. The Morgan fingerprint density at radius 3 is 1.88 bits per heavy atom. The second kappa shape index (κ2) is 7.98. The van der Waals surface area contributed by atoms with Crippen molar-refractivity contribution in [3.05, 3.63) is 0 Å². The number of aliphatic carboxylic acids is 1. The van der Waals surface area contributed by atoms with E-state index in [4.69, 9.17) is 5.11 Å². The summed E-state index contributed by atoms with van der Waals surface area (Å²) < 4.78 is 0. The molecule has 5 heteroatoms. The molecule has 0 saturated carbocycles. The van der Waals surface area contributed by atoms with Crippen LogP contribution in [0.1, 0.15) is 6.92 Å². The summed E-state index contributed by atoms with van der Waals surface area (Å²) in [4.78, 5) is 9.34. The molecule has 0 aliphatic rings. The van der Waals surface area contributed by atoms with Crippen molar-refractivity contribution in [2.45, 2.75) is 13.0 Å². The van der Waals surface area contributed by atoms with Gasteiger partial charge in [-0.3, -0.25) is 0 Å². The molecule has 0 amide bonds. The van der Waals surface area contributed by atoms with E-state index in [0.29, 0.717) is 0 Å². The van der Waals surface area contributed by atoms with Gasteiger partial charge in [-0.25, -0.2) is 0 Å². The molecule has 3 nitrogen and oxygen atoms in total. The average Bonchev–Trinajstić information content (AvgIpc) is 1.36. The molecular weight excluding hydrogens is 160 g/mol. The van der Waals surface area contributed by atoms with Crippen LogP contribution < -0.4 is 17.5 Å². The van der Waals surface area contributed by atoms with Crippen LogP contribution in [0.25, 0.3) is 0 Å². The fraction of sp³-hybridized carbons (Fsp3) is 0.667. The average molecular weight is 165 g/mol. The predicted octanol–water partition coefficient (Wildman–Crippen LogP) is -5.26. The molecular formula is C3H5CaClO3. The van der Waals surface area contributed by atoms with E-state index in [-0.39, 0.29) is 50.1 Å². The summed E-state index contributed by atoms with van der Waals surface area (Å²) >= 11 is 0. The zero-order chi connectivity index (χ0) is 5.15. The Balaban J connectivity index is -0.000000125. The minimum Gasteiger partial charge on any atom is -1.00 e. The van der Waals surface area contributed by atoms with E-state index in [1.807, 2.05) is 0 Å². The van der Waals surface area contributed by atoms with Gasteiger partial charge in [0.1, 0.15) is 0 Å².